The summed E-state index contributed by atoms with van der Waals surface area (Å²) in [5.41, 5.74) is 0.667. The van der Waals surface area contributed by atoms with Crippen molar-refractivity contribution in [3.05, 3.63) is 64.2 Å². The maximum absolute atomic E-state index is 14.0. The Labute approximate surface area is 220 Å². The molecule has 2 aromatic carbocycles. The molecule has 1 atom stereocenters. The zero-order chi connectivity index (χ0) is 27.0. The Kier molecular flexibility index (Phi) is 7.21. The molecule has 2 aliphatic rings. The van der Waals surface area contributed by atoms with Gasteiger partial charge in [0.25, 0.3) is 11.1 Å². The molecule has 38 heavy (non-hydrogen) atoms. The highest BCUT2D eigenvalue weighted by Crippen LogP contribution is 2.41. The van der Waals surface area contributed by atoms with Crippen LogP contribution in [0.2, 0.25) is 0 Å². The molecule has 2 fully saturated rings. The second kappa shape index (κ2) is 10.4. The van der Waals surface area contributed by atoms with Gasteiger partial charge in [0.15, 0.2) is 0 Å². The lowest BCUT2D eigenvalue weighted by Gasteiger charge is -2.19. The first-order valence-corrected chi connectivity index (χ1v) is 12.8. The van der Waals surface area contributed by atoms with Crippen molar-refractivity contribution in [3.8, 4) is 5.75 Å². The lowest BCUT2D eigenvalue weighted by molar-refractivity contribution is -0.138. The van der Waals surface area contributed by atoms with Gasteiger partial charge in [-0.15, -0.1) is 0 Å². The summed E-state index contributed by atoms with van der Waals surface area (Å²) in [5, 5.41) is 16.8. The van der Waals surface area contributed by atoms with Crippen LogP contribution in [0.1, 0.15) is 23.1 Å². The van der Waals surface area contributed by atoms with Crippen molar-refractivity contribution in [2.24, 2.45) is 0 Å². The van der Waals surface area contributed by atoms with Crippen molar-refractivity contribution in [3.63, 3.8) is 0 Å². The molecule has 3 heterocycles. The summed E-state index contributed by atoms with van der Waals surface area (Å²) >= 11 is 0.735. The molecule has 0 aliphatic carbocycles. The van der Waals surface area contributed by atoms with E-state index in [0.29, 0.717) is 37.2 Å². The number of carbonyl (C=O) groups is 2. The van der Waals surface area contributed by atoms with E-state index in [2.05, 4.69) is 10.2 Å². The number of thioether (sulfide) groups is 1. The van der Waals surface area contributed by atoms with Crippen LogP contribution >= 0.6 is 11.8 Å². The smallest absolute Gasteiger partial charge is 0.416 e. The Hall–Kier alpha value is -3.35. The fourth-order valence-corrected chi connectivity index (χ4v) is 5.74. The molecule has 1 aromatic heterocycles. The fraction of sp³-hybridized carbons (Fsp3) is 0.346. The van der Waals surface area contributed by atoms with Crippen LogP contribution in [0.4, 0.5) is 18.0 Å². The number of hydrogen-bond acceptors (Lipinski definition) is 7. The van der Waals surface area contributed by atoms with Crippen LogP contribution in [0.3, 0.4) is 0 Å². The number of nitrogens with one attached hydrogen (secondary N) is 1. The van der Waals surface area contributed by atoms with E-state index in [1.165, 1.54) is 19.2 Å². The van der Waals surface area contributed by atoms with Crippen LogP contribution in [-0.4, -0.2) is 75.6 Å². The van der Waals surface area contributed by atoms with Crippen molar-refractivity contribution in [1.82, 2.24) is 20.0 Å². The Morgan fingerprint density at radius 3 is 2.74 bits per heavy atom. The number of imide groups is 1. The van der Waals surface area contributed by atoms with E-state index in [1.807, 2.05) is 4.90 Å². The summed E-state index contributed by atoms with van der Waals surface area (Å²) in [6.45, 7) is 1.68. The fourth-order valence-electron chi connectivity index (χ4n) is 4.77. The van der Waals surface area contributed by atoms with Gasteiger partial charge in [-0.1, -0.05) is 12.1 Å². The second-order valence-corrected chi connectivity index (χ2v) is 10.2. The molecule has 12 heteroatoms. The predicted molar refractivity (Wildman–Crippen MR) is 136 cm³/mol. The number of aliphatic hydroxyl groups is 1. The van der Waals surface area contributed by atoms with Crippen molar-refractivity contribution < 1.29 is 32.6 Å². The number of ether oxygens (including phenoxy) is 1. The van der Waals surface area contributed by atoms with Crippen molar-refractivity contribution in [1.29, 1.82) is 0 Å². The summed E-state index contributed by atoms with van der Waals surface area (Å²) in [6, 6.07) is 8.89. The van der Waals surface area contributed by atoms with E-state index < -0.39 is 29.0 Å². The van der Waals surface area contributed by atoms with Gasteiger partial charge in [-0.25, -0.2) is 0 Å². The SMILES string of the molecule is COc1ccc(C/C(=C2/SC(=O)N(CCN3CC[C@H](O)C3)C2=O)c2ccc3[nH]ncc3c2)c(C(F)(F)F)c1. The van der Waals surface area contributed by atoms with Gasteiger partial charge in [-0.2, -0.15) is 18.3 Å². The van der Waals surface area contributed by atoms with Crippen molar-refractivity contribution in [2.45, 2.75) is 25.1 Å². The molecule has 0 unspecified atom stereocenters. The zero-order valence-electron chi connectivity index (χ0n) is 20.4. The molecular weight excluding hydrogens is 521 g/mol. The second-order valence-electron chi connectivity index (χ2n) is 9.25. The zero-order valence-corrected chi connectivity index (χ0v) is 21.2. The molecule has 2 N–H and O–H groups in total. The lowest BCUT2D eigenvalue weighted by Crippen LogP contribution is -2.37. The van der Waals surface area contributed by atoms with Gasteiger partial charge in [-0.3, -0.25) is 24.5 Å². The molecule has 0 saturated carbocycles. The van der Waals surface area contributed by atoms with Crippen LogP contribution in [0.25, 0.3) is 16.5 Å². The summed E-state index contributed by atoms with van der Waals surface area (Å²) in [6.07, 6.45) is -3.09. The molecule has 0 bridgehead atoms. The molecule has 5 rings (SSSR count). The first kappa shape index (κ1) is 26.3. The van der Waals surface area contributed by atoms with E-state index in [4.69, 9.17) is 4.74 Å². The summed E-state index contributed by atoms with van der Waals surface area (Å²) in [7, 11) is 1.29. The Balaban J connectivity index is 1.54. The highest BCUT2D eigenvalue weighted by atomic mass is 32.2. The molecular formula is C26H25F3N4O4S. The Morgan fingerprint density at radius 1 is 1.21 bits per heavy atom. The first-order valence-electron chi connectivity index (χ1n) is 12.0. The third kappa shape index (κ3) is 5.29. The Bertz CT molecular complexity index is 1420. The van der Waals surface area contributed by atoms with Crippen LogP contribution in [-0.2, 0) is 17.4 Å². The average molecular weight is 547 g/mol. The van der Waals surface area contributed by atoms with Crippen LogP contribution in [0.5, 0.6) is 5.75 Å². The van der Waals surface area contributed by atoms with Gasteiger partial charge in [0, 0.05) is 31.6 Å². The first-order chi connectivity index (χ1) is 18.1. The minimum absolute atomic E-state index is 0.0431. The van der Waals surface area contributed by atoms with E-state index in [0.717, 1.165) is 33.6 Å². The largest absolute Gasteiger partial charge is 0.497 e. The van der Waals surface area contributed by atoms with Crippen molar-refractivity contribution in [2.75, 3.05) is 33.3 Å². The quantitative estimate of drug-likeness (QED) is 0.426. The molecule has 2 aliphatic heterocycles. The minimum atomic E-state index is -4.65. The summed E-state index contributed by atoms with van der Waals surface area (Å²) in [5.74, 6) is -0.473. The number of allylic oxidation sites excluding steroid dienone is 1. The van der Waals surface area contributed by atoms with E-state index >= 15 is 0 Å². The standard InChI is InChI=1S/C26H25F3N4O4S/c1-37-19-4-2-16(21(12-19)26(27,28)29)11-20(15-3-5-22-17(10-15)13-30-31-22)23-24(35)33(25(36)38-23)9-8-32-7-6-18(34)14-32/h2-5,10,12-13,18,34H,6-9,11,14H2,1H3,(H,30,31)/b23-20-/t18-/m0/s1. The number of likely N-dealkylation sites (tertiary alicyclic amines) is 1. The molecule has 0 spiro atoms. The van der Waals surface area contributed by atoms with Gasteiger partial charge in [0.1, 0.15) is 5.75 Å². The van der Waals surface area contributed by atoms with Crippen LogP contribution in [0, 0.1) is 0 Å². The normalized spacial score (nSPS) is 20.1. The summed E-state index contributed by atoms with van der Waals surface area (Å²) in [4.78, 5) is 29.6. The third-order valence-electron chi connectivity index (χ3n) is 6.79. The molecule has 2 saturated heterocycles. The number of hydrogen-bond donors (Lipinski definition) is 2. The maximum atomic E-state index is 14.0. The number of benzene rings is 2. The number of carbonyl (C=O) groups excluding carboxylic acids is 2. The molecule has 2 amide bonds. The predicted octanol–water partition coefficient (Wildman–Crippen LogP) is 4.31. The van der Waals surface area contributed by atoms with Gasteiger partial charge in [0.05, 0.1) is 35.4 Å². The number of aromatic amines is 1. The molecule has 3 aromatic rings. The lowest BCUT2D eigenvalue weighted by atomic mass is 9.93. The van der Waals surface area contributed by atoms with Gasteiger partial charge < -0.3 is 9.84 Å². The van der Waals surface area contributed by atoms with E-state index in [1.54, 1.807) is 24.4 Å². The number of β-amino-alcohol motifs (C(OH)–C–C–N with tert-alkyl or cyclic N) is 1. The number of fused-ring (bicyclic) bond motifs is 1. The number of rotatable bonds is 7. The number of halogens is 3. The monoisotopic (exact) mass is 546 g/mol. The number of alkyl halides is 3. The Morgan fingerprint density at radius 2 is 2.03 bits per heavy atom. The summed E-state index contributed by atoms with van der Waals surface area (Å²) < 4.78 is 47.0. The maximum Gasteiger partial charge on any atom is 0.416 e. The minimum Gasteiger partial charge on any atom is -0.497 e. The van der Waals surface area contributed by atoms with Crippen LogP contribution in [0.15, 0.2) is 47.5 Å². The highest BCUT2D eigenvalue weighted by molar-refractivity contribution is 8.18. The molecule has 0 radical (unpaired) electrons. The number of H-pyrrole nitrogens is 1. The van der Waals surface area contributed by atoms with Gasteiger partial charge in [-0.05, 0) is 65.6 Å². The third-order valence-corrected chi connectivity index (χ3v) is 7.81. The molecule has 8 nitrogen and oxygen atoms in total. The number of aliphatic hydroxyl groups excluding tert-OH is 1. The van der Waals surface area contributed by atoms with E-state index in [9.17, 15) is 27.9 Å². The number of amides is 2. The average Bonchev–Trinajstić information content (AvgIpc) is 3.59. The van der Waals surface area contributed by atoms with Crippen molar-refractivity contribution >= 4 is 39.4 Å². The number of methoxy groups -OCH3 is 1. The van der Waals surface area contributed by atoms with Gasteiger partial charge in [0.2, 0.25) is 0 Å². The number of aromatic nitrogens is 2. The van der Waals surface area contributed by atoms with E-state index in [-0.39, 0.29) is 29.2 Å². The highest BCUT2D eigenvalue weighted by Gasteiger charge is 2.39. The topological polar surface area (TPSA) is 98.8 Å². The molecule has 200 valence electrons. The number of nitrogens with zero attached hydrogens (tertiary/aromatic N) is 3. The van der Waals surface area contributed by atoms with Gasteiger partial charge >= 0.3 is 6.18 Å². The van der Waals surface area contributed by atoms with Crippen LogP contribution < -0.4 is 4.74 Å².